The Balaban J connectivity index is 1.79. The number of carbonyl (C=O) groups excluding carboxylic acids is 2. The van der Waals surface area contributed by atoms with Crippen molar-refractivity contribution in [3.05, 3.63) is 29.3 Å². The molecular formula is C15H18N2O4. The van der Waals surface area contributed by atoms with E-state index in [9.17, 15) is 14.4 Å². The average Bonchev–Trinajstić information content (AvgIpc) is 2.77. The van der Waals surface area contributed by atoms with Gasteiger partial charge in [0.1, 0.15) is 6.04 Å². The third-order valence-corrected chi connectivity index (χ3v) is 3.41. The highest BCUT2D eigenvalue weighted by atomic mass is 16.4. The molecule has 0 saturated heterocycles. The van der Waals surface area contributed by atoms with E-state index < -0.39 is 12.0 Å². The summed E-state index contributed by atoms with van der Waals surface area (Å²) in [6.07, 6.45) is 2.04. The van der Waals surface area contributed by atoms with Crippen molar-refractivity contribution in [2.45, 2.75) is 38.6 Å². The minimum atomic E-state index is -1.04. The lowest BCUT2D eigenvalue weighted by atomic mass is 10.0. The fourth-order valence-corrected chi connectivity index (χ4v) is 2.27. The molecule has 1 aliphatic rings. The Morgan fingerprint density at radius 1 is 1.43 bits per heavy atom. The maximum atomic E-state index is 11.5. The standard InChI is InChI=1S/C15H18N2O4/c1-9(15(20)21)16-13(18)4-2-3-10-5-6-12-11(7-10)8-14(19)17-12/h5-7,9H,2-4,8H2,1H3,(H,16,18)(H,17,19)(H,20,21)/t9-/m0/s1. The number of hydrogen-bond acceptors (Lipinski definition) is 3. The minimum Gasteiger partial charge on any atom is -0.480 e. The Kier molecular flexibility index (Phi) is 4.57. The van der Waals surface area contributed by atoms with Crippen molar-refractivity contribution in [1.29, 1.82) is 0 Å². The van der Waals surface area contributed by atoms with Crippen molar-refractivity contribution < 1.29 is 19.5 Å². The van der Waals surface area contributed by atoms with Crippen LogP contribution in [-0.4, -0.2) is 28.9 Å². The largest absolute Gasteiger partial charge is 0.480 e. The highest BCUT2D eigenvalue weighted by Gasteiger charge is 2.17. The molecule has 0 fully saturated rings. The van der Waals surface area contributed by atoms with Crippen molar-refractivity contribution in [1.82, 2.24) is 5.32 Å². The van der Waals surface area contributed by atoms with Crippen molar-refractivity contribution >= 4 is 23.5 Å². The van der Waals surface area contributed by atoms with Crippen LogP contribution in [0.5, 0.6) is 0 Å². The molecule has 0 bridgehead atoms. The quantitative estimate of drug-likeness (QED) is 0.731. The van der Waals surface area contributed by atoms with Gasteiger partial charge >= 0.3 is 5.97 Å². The number of fused-ring (bicyclic) bond motifs is 1. The van der Waals surface area contributed by atoms with E-state index in [1.807, 2.05) is 18.2 Å². The SMILES string of the molecule is C[C@H](NC(=O)CCCc1ccc2c(c1)CC(=O)N2)C(=O)O. The normalized spacial score (nSPS) is 14.2. The third kappa shape index (κ3) is 4.05. The first kappa shape index (κ1) is 15.0. The molecule has 0 radical (unpaired) electrons. The summed E-state index contributed by atoms with van der Waals surface area (Å²) in [6.45, 7) is 1.44. The number of aliphatic carboxylic acids is 1. The number of benzene rings is 1. The molecule has 3 N–H and O–H groups in total. The number of hydrogen-bond donors (Lipinski definition) is 3. The van der Waals surface area contributed by atoms with Gasteiger partial charge in [0.2, 0.25) is 11.8 Å². The molecule has 21 heavy (non-hydrogen) atoms. The van der Waals surface area contributed by atoms with Crippen LogP contribution in [0.3, 0.4) is 0 Å². The highest BCUT2D eigenvalue weighted by molar-refractivity contribution is 5.99. The number of rotatable bonds is 6. The fraction of sp³-hybridized carbons (Fsp3) is 0.400. The Morgan fingerprint density at radius 2 is 2.19 bits per heavy atom. The topological polar surface area (TPSA) is 95.5 Å². The molecule has 2 rings (SSSR count). The predicted octanol–water partition coefficient (Wildman–Crippen LogP) is 1.09. The molecule has 0 aromatic heterocycles. The summed E-state index contributed by atoms with van der Waals surface area (Å²) >= 11 is 0. The second kappa shape index (κ2) is 6.39. The number of carboxylic acids is 1. The zero-order valence-corrected chi connectivity index (χ0v) is 11.8. The number of amides is 2. The van der Waals surface area contributed by atoms with Gasteiger partial charge in [-0.2, -0.15) is 0 Å². The first-order chi connectivity index (χ1) is 9.95. The summed E-state index contributed by atoms with van der Waals surface area (Å²) in [4.78, 5) is 33.4. The van der Waals surface area contributed by atoms with Gasteiger partial charge in [-0.3, -0.25) is 14.4 Å². The predicted molar refractivity (Wildman–Crippen MR) is 77.0 cm³/mol. The molecule has 6 nitrogen and oxygen atoms in total. The monoisotopic (exact) mass is 290 g/mol. The minimum absolute atomic E-state index is 0.00388. The molecule has 1 heterocycles. The van der Waals surface area contributed by atoms with Crippen LogP contribution < -0.4 is 10.6 Å². The maximum absolute atomic E-state index is 11.5. The van der Waals surface area contributed by atoms with E-state index >= 15 is 0 Å². The molecule has 6 heteroatoms. The Bertz CT molecular complexity index is 583. The lowest BCUT2D eigenvalue weighted by molar-refractivity contribution is -0.141. The average molecular weight is 290 g/mol. The molecule has 1 atom stereocenters. The van der Waals surface area contributed by atoms with E-state index in [1.54, 1.807) is 0 Å². The third-order valence-electron chi connectivity index (χ3n) is 3.41. The summed E-state index contributed by atoms with van der Waals surface area (Å²) in [6, 6.07) is 4.92. The van der Waals surface area contributed by atoms with Gasteiger partial charge in [0, 0.05) is 12.1 Å². The van der Waals surface area contributed by atoms with Gasteiger partial charge in [0.15, 0.2) is 0 Å². The van der Waals surface area contributed by atoms with Crippen LogP contribution in [0.1, 0.15) is 30.9 Å². The van der Waals surface area contributed by atoms with Crippen LogP contribution in [-0.2, 0) is 27.2 Å². The Morgan fingerprint density at radius 3 is 2.90 bits per heavy atom. The van der Waals surface area contributed by atoms with Crippen molar-refractivity contribution in [3.8, 4) is 0 Å². The maximum Gasteiger partial charge on any atom is 0.325 e. The molecule has 0 saturated carbocycles. The molecule has 1 aromatic rings. The zero-order chi connectivity index (χ0) is 15.4. The van der Waals surface area contributed by atoms with E-state index in [0.717, 1.165) is 23.2 Å². The molecule has 0 spiro atoms. The lowest BCUT2D eigenvalue weighted by Crippen LogP contribution is -2.38. The number of aryl methyl sites for hydroxylation is 1. The van der Waals surface area contributed by atoms with E-state index in [2.05, 4.69) is 10.6 Å². The first-order valence-corrected chi connectivity index (χ1v) is 6.89. The summed E-state index contributed by atoms with van der Waals surface area (Å²) in [7, 11) is 0. The van der Waals surface area contributed by atoms with Crippen molar-refractivity contribution in [2.24, 2.45) is 0 Å². The fourth-order valence-electron chi connectivity index (χ4n) is 2.27. The molecular weight excluding hydrogens is 272 g/mol. The molecule has 112 valence electrons. The molecule has 0 aliphatic carbocycles. The highest BCUT2D eigenvalue weighted by Crippen LogP contribution is 2.24. The first-order valence-electron chi connectivity index (χ1n) is 6.89. The van der Waals surface area contributed by atoms with Gasteiger partial charge in [-0.1, -0.05) is 12.1 Å². The molecule has 1 aromatic carbocycles. The number of anilines is 1. The Hall–Kier alpha value is -2.37. The second-order valence-electron chi connectivity index (χ2n) is 5.20. The van der Waals surface area contributed by atoms with E-state index in [1.165, 1.54) is 6.92 Å². The van der Waals surface area contributed by atoms with Gasteiger partial charge in [-0.05, 0) is 37.0 Å². The molecule has 2 amide bonds. The van der Waals surface area contributed by atoms with Crippen LogP contribution in [0.15, 0.2) is 18.2 Å². The number of carboxylic acid groups (broad SMARTS) is 1. The van der Waals surface area contributed by atoms with Gasteiger partial charge in [-0.25, -0.2) is 0 Å². The van der Waals surface area contributed by atoms with Crippen LogP contribution in [0.2, 0.25) is 0 Å². The second-order valence-corrected chi connectivity index (χ2v) is 5.20. The molecule has 1 aliphatic heterocycles. The lowest BCUT2D eigenvalue weighted by Gasteiger charge is -2.09. The van der Waals surface area contributed by atoms with E-state index in [-0.39, 0.29) is 18.2 Å². The summed E-state index contributed by atoms with van der Waals surface area (Å²) in [5, 5.41) is 13.9. The van der Waals surface area contributed by atoms with Gasteiger partial charge < -0.3 is 15.7 Å². The summed E-state index contributed by atoms with van der Waals surface area (Å²) in [5.41, 5.74) is 2.92. The number of carbonyl (C=O) groups is 3. The van der Waals surface area contributed by atoms with E-state index in [4.69, 9.17) is 5.11 Å². The van der Waals surface area contributed by atoms with Crippen LogP contribution in [0.25, 0.3) is 0 Å². The van der Waals surface area contributed by atoms with Crippen molar-refractivity contribution in [3.63, 3.8) is 0 Å². The van der Waals surface area contributed by atoms with Gasteiger partial charge in [0.05, 0.1) is 6.42 Å². The van der Waals surface area contributed by atoms with Crippen LogP contribution in [0, 0.1) is 0 Å². The smallest absolute Gasteiger partial charge is 0.325 e. The van der Waals surface area contributed by atoms with Crippen LogP contribution in [0.4, 0.5) is 5.69 Å². The van der Waals surface area contributed by atoms with Crippen LogP contribution >= 0.6 is 0 Å². The van der Waals surface area contributed by atoms with Gasteiger partial charge in [0.25, 0.3) is 0 Å². The van der Waals surface area contributed by atoms with Gasteiger partial charge in [-0.15, -0.1) is 0 Å². The van der Waals surface area contributed by atoms with Crippen molar-refractivity contribution in [2.75, 3.05) is 5.32 Å². The Labute approximate surface area is 122 Å². The van der Waals surface area contributed by atoms with E-state index in [0.29, 0.717) is 12.8 Å². The summed E-state index contributed by atoms with van der Waals surface area (Å²) < 4.78 is 0. The zero-order valence-electron chi connectivity index (χ0n) is 11.8. The summed E-state index contributed by atoms with van der Waals surface area (Å²) in [5.74, 6) is -1.30. The molecule has 0 unspecified atom stereocenters. The number of nitrogens with one attached hydrogen (secondary N) is 2.